The van der Waals surface area contributed by atoms with E-state index in [4.69, 9.17) is 5.73 Å². The molecule has 0 aliphatic heterocycles. The van der Waals surface area contributed by atoms with Crippen LogP contribution < -0.4 is 5.73 Å². The van der Waals surface area contributed by atoms with Gasteiger partial charge in [-0.2, -0.15) is 0 Å². The molecule has 3 rings (SSSR count). The van der Waals surface area contributed by atoms with E-state index in [1.807, 2.05) is 24.3 Å². The second kappa shape index (κ2) is 5.05. The average Bonchev–Trinajstić information content (AvgIpc) is 2.74. The van der Waals surface area contributed by atoms with Crippen LogP contribution in [0.5, 0.6) is 0 Å². The normalized spacial score (nSPS) is 11.1. The van der Waals surface area contributed by atoms with Crippen molar-refractivity contribution in [2.45, 2.75) is 17.0 Å². The quantitative estimate of drug-likeness (QED) is 0.517. The van der Waals surface area contributed by atoms with Crippen molar-refractivity contribution in [3.8, 4) is 0 Å². The van der Waals surface area contributed by atoms with E-state index in [0.29, 0.717) is 0 Å². The molecule has 0 aliphatic rings. The van der Waals surface area contributed by atoms with Gasteiger partial charge in [0.2, 0.25) is 0 Å². The minimum Gasteiger partial charge on any atom is -0.398 e. The van der Waals surface area contributed by atoms with E-state index in [0.717, 1.165) is 30.3 Å². The SMILES string of the molecule is Cc1ccc2nc(Sc3ccc(I)cc3N)[nH]c2c1. The van der Waals surface area contributed by atoms with Crippen molar-refractivity contribution in [3.05, 3.63) is 45.5 Å². The second-order valence-electron chi connectivity index (χ2n) is 4.35. The predicted octanol–water partition coefficient (Wildman–Crippen LogP) is 4.21. The van der Waals surface area contributed by atoms with Crippen LogP contribution in [0.4, 0.5) is 5.69 Å². The van der Waals surface area contributed by atoms with Crippen LogP contribution in [0, 0.1) is 10.5 Å². The summed E-state index contributed by atoms with van der Waals surface area (Å²) in [5, 5.41) is 0.869. The van der Waals surface area contributed by atoms with Crippen molar-refractivity contribution in [2.24, 2.45) is 0 Å². The molecule has 0 spiro atoms. The van der Waals surface area contributed by atoms with E-state index < -0.39 is 0 Å². The third-order valence-electron chi connectivity index (χ3n) is 2.79. The third kappa shape index (κ3) is 2.71. The Morgan fingerprint density at radius 3 is 2.84 bits per heavy atom. The minimum absolute atomic E-state index is 0.786. The van der Waals surface area contributed by atoms with Crippen LogP contribution in [0.1, 0.15) is 5.56 Å². The number of H-pyrrole nitrogens is 1. The predicted molar refractivity (Wildman–Crippen MR) is 88.5 cm³/mol. The van der Waals surface area contributed by atoms with Crippen molar-refractivity contribution in [2.75, 3.05) is 5.73 Å². The summed E-state index contributed by atoms with van der Waals surface area (Å²) >= 11 is 3.81. The van der Waals surface area contributed by atoms with E-state index in [1.165, 1.54) is 5.56 Å². The Morgan fingerprint density at radius 1 is 1.21 bits per heavy atom. The van der Waals surface area contributed by atoms with Gasteiger partial charge in [-0.15, -0.1) is 0 Å². The van der Waals surface area contributed by atoms with Gasteiger partial charge in [0, 0.05) is 14.2 Å². The largest absolute Gasteiger partial charge is 0.398 e. The molecule has 0 unspecified atom stereocenters. The van der Waals surface area contributed by atoms with Gasteiger partial charge in [0.15, 0.2) is 5.16 Å². The van der Waals surface area contributed by atoms with E-state index >= 15 is 0 Å². The number of aromatic nitrogens is 2. The lowest BCUT2D eigenvalue weighted by molar-refractivity contribution is 1.08. The van der Waals surface area contributed by atoms with Gasteiger partial charge >= 0.3 is 0 Å². The van der Waals surface area contributed by atoms with Gasteiger partial charge in [0.05, 0.1) is 11.0 Å². The van der Waals surface area contributed by atoms with Crippen LogP contribution in [-0.4, -0.2) is 9.97 Å². The van der Waals surface area contributed by atoms with Crippen LogP contribution >= 0.6 is 34.4 Å². The standard InChI is InChI=1S/C14H12IN3S/c1-8-2-4-11-12(6-8)18-14(17-11)19-13-5-3-9(15)7-10(13)16/h2-7H,16H2,1H3,(H,17,18). The van der Waals surface area contributed by atoms with Crippen molar-refractivity contribution in [1.29, 1.82) is 0 Å². The highest BCUT2D eigenvalue weighted by atomic mass is 127. The lowest BCUT2D eigenvalue weighted by Crippen LogP contribution is -1.89. The highest BCUT2D eigenvalue weighted by Crippen LogP contribution is 2.32. The molecule has 0 saturated heterocycles. The van der Waals surface area contributed by atoms with Crippen LogP contribution in [-0.2, 0) is 0 Å². The zero-order valence-corrected chi connectivity index (χ0v) is 13.2. The number of aromatic amines is 1. The van der Waals surface area contributed by atoms with Gasteiger partial charge in [0.1, 0.15) is 0 Å². The molecule has 0 aliphatic carbocycles. The highest BCUT2D eigenvalue weighted by Gasteiger charge is 2.07. The molecular weight excluding hydrogens is 369 g/mol. The minimum atomic E-state index is 0.786. The van der Waals surface area contributed by atoms with Crippen LogP contribution in [0.3, 0.4) is 0 Å². The number of aryl methyl sites for hydroxylation is 1. The number of imidazole rings is 1. The maximum Gasteiger partial charge on any atom is 0.171 e. The fourth-order valence-corrected chi connectivity index (χ4v) is 3.21. The lowest BCUT2D eigenvalue weighted by atomic mass is 10.2. The summed E-state index contributed by atoms with van der Waals surface area (Å²) in [6.07, 6.45) is 0. The molecule has 3 nitrogen and oxygen atoms in total. The molecule has 0 amide bonds. The molecule has 0 saturated carbocycles. The molecule has 1 aromatic heterocycles. The molecule has 96 valence electrons. The number of nitrogens with zero attached hydrogens (tertiary/aromatic N) is 1. The average molecular weight is 381 g/mol. The number of hydrogen-bond donors (Lipinski definition) is 2. The first kappa shape index (κ1) is 12.8. The molecule has 1 heterocycles. The molecule has 5 heteroatoms. The molecule has 0 fully saturated rings. The molecule has 0 radical (unpaired) electrons. The Hall–Kier alpha value is -1.21. The number of anilines is 1. The molecular formula is C14H12IN3S. The Kier molecular flexibility index (Phi) is 3.40. The number of halogens is 1. The zero-order chi connectivity index (χ0) is 13.4. The van der Waals surface area contributed by atoms with Crippen LogP contribution in [0.2, 0.25) is 0 Å². The number of nitrogen functional groups attached to an aromatic ring is 1. The summed E-state index contributed by atoms with van der Waals surface area (Å²) in [6.45, 7) is 2.07. The van der Waals surface area contributed by atoms with Crippen LogP contribution in [0.25, 0.3) is 11.0 Å². The Labute approximate surface area is 129 Å². The lowest BCUT2D eigenvalue weighted by Gasteiger charge is -2.03. The number of rotatable bonds is 2. The maximum atomic E-state index is 6.02. The summed E-state index contributed by atoms with van der Waals surface area (Å²) in [6, 6.07) is 12.2. The molecule has 0 atom stereocenters. The summed E-state index contributed by atoms with van der Waals surface area (Å²) in [5.41, 5.74) is 10.1. The molecule has 3 N–H and O–H groups in total. The van der Waals surface area contributed by atoms with Gasteiger partial charge in [0.25, 0.3) is 0 Å². The monoisotopic (exact) mass is 381 g/mol. The van der Waals surface area contributed by atoms with Crippen molar-refractivity contribution in [1.82, 2.24) is 9.97 Å². The molecule has 3 aromatic rings. The number of hydrogen-bond acceptors (Lipinski definition) is 3. The van der Waals surface area contributed by atoms with Gasteiger partial charge < -0.3 is 10.7 Å². The van der Waals surface area contributed by atoms with Crippen LogP contribution in [0.15, 0.2) is 46.5 Å². The van der Waals surface area contributed by atoms with Crippen molar-refractivity contribution >= 4 is 51.1 Å². The number of benzene rings is 2. The first-order valence-corrected chi connectivity index (χ1v) is 7.70. The van der Waals surface area contributed by atoms with Gasteiger partial charge in [-0.3, -0.25) is 0 Å². The second-order valence-corrected chi connectivity index (χ2v) is 6.62. The smallest absolute Gasteiger partial charge is 0.171 e. The van der Waals surface area contributed by atoms with E-state index in [9.17, 15) is 0 Å². The summed E-state index contributed by atoms with van der Waals surface area (Å²) < 4.78 is 1.14. The van der Waals surface area contributed by atoms with Gasteiger partial charge in [-0.05, 0) is 77.2 Å². The summed E-state index contributed by atoms with van der Waals surface area (Å²) in [5.74, 6) is 0. The zero-order valence-electron chi connectivity index (χ0n) is 10.3. The van der Waals surface area contributed by atoms with Gasteiger partial charge in [-0.1, -0.05) is 6.07 Å². The Morgan fingerprint density at radius 2 is 2.05 bits per heavy atom. The molecule has 19 heavy (non-hydrogen) atoms. The fraction of sp³-hybridized carbons (Fsp3) is 0.0714. The number of fused-ring (bicyclic) bond motifs is 1. The highest BCUT2D eigenvalue weighted by molar-refractivity contribution is 14.1. The van der Waals surface area contributed by atoms with Gasteiger partial charge in [-0.25, -0.2) is 4.98 Å². The van der Waals surface area contributed by atoms with E-state index in [2.05, 4.69) is 51.6 Å². The topological polar surface area (TPSA) is 54.7 Å². The summed E-state index contributed by atoms with van der Waals surface area (Å²) in [4.78, 5) is 8.91. The number of nitrogens with one attached hydrogen (secondary N) is 1. The Bertz CT molecular complexity index is 752. The first-order chi connectivity index (χ1) is 9.11. The van der Waals surface area contributed by atoms with E-state index in [1.54, 1.807) is 11.8 Å². The fourth-order valence-electron chi connectivity index (χ4n) is 1.86. The Balaban J connectivity index is 1.96. The molecule has 2 aromatic carbocycles. The third-order valence-corrected chi connectivity index (χ3v) is 4.44. The van der Waals surface area contributed by atoms with Crippen molar-refractivity contribution in [3.63, 3.8) is 0 Å². The maximum absolute atomic E-state index is 6.02. The first-order valence-electron chi connectivity index (χ1n) is 5.81. The summed E-state index contributed by atoms with van der Waals surface area (Å²) in [7, 11) is 0. The van der Waals surface area contributed by atoms with E-state index in [-0.39, 0.29) is 0 Å². The number of nitrogens with two attached hydrogens (primary N) is 1. The molecule has 0 bridgehead atoms. The van der Waals surface area contributed by atoms with Crippen molar-refractivity contribution < 1.29 is 0 Å².